The molecule has 1 aromatic carbocycles. The minimum absolute atomic E-state index is 0.187. The lowest BCUT2D eigenvalue weighted by molar-refractivity contribution is -0.137. The van der Waals surface area contributed by atoms with Gasteiger partial charge in [0.1, 0.15) is 0 Å². The molecule has 0 bridgehead atoms. The summed E-state index contributed by atoms with van der Waals surface area (Å²) < 4.78 is 0. The second-order valence-electron chi connectivity index (χ2n) is 5.64. The Hall–Kier alpha value is -1.35. The predicted molar refractivity (Wildman–Crippen MR) is 78.3 cm³/mol. The third-order valence-corrected chi connectivity index (χ3v) is 3.45. The van der Waals surface area contributed by atoms with Gasteiger partial charge in [-0.05, 0) is 37.4 Å². The standard InChI is InChI=1S/C16H25NO2/c1-12(2)11-14-5-7-15(8-6-14)13(3)17(4)10-9-16(18)19/h5-8,12-13H,9-11H2,1-4H3,(H,18,19). The maximum Gasteiger partial charge on any atom is 0.304 e. The normalized spacial score (nSPS) is 12.9. The Morgan fingerprint density at radius 1 is 1.21 bits per heavy atom. The SMILES string of the molecule is CC(C)Cc1ccc(C(C)N(C)CCC(=O)O)cc1. The van der Waals surface area contributed by atoms with Gasteiger partial charge < -0.3 is 5.11 Å². The van der Waals surface area contributed by atoms with Gasteiger partial charge >= 0.3 is 5.97 Å². The molecular formula is C16H25NO2. The zero-order chi connectivity index (χ0) is 14.4. The van der Waals surface area contributed by atoms with Gasteiger partial charge in [-0.25, -0.2) is 0 Å². The lowest BCUT2D eigenvalue weighted by atomic mass is 9.99. The maximum absolute atomic E-state index is 10.6. The molecule has 0 aliphatic heterocycles. The molecule has 19 heavy (non-hydrogen) atoms. The van der Waals surface area contributed by atoms with E-state index in [0.717, 1.165) is 6.42 Å². The van der Waals surface area contributed by atoms with E-state index in [9.17, 15) is 4.79 Å². The van der Waals surface area contributed by atoms with Gasteiger partial charge in [0.2, 0.25) is 0 Å². The van der Waals surface area contributed by atoms with Crippen molar-refractivity contribution in [3.8, 4) is 0 Å². The monoisotopic (exact) mass is 263 g/mol. The van der Waals surface area contributed by atoms with Crippen molar-refractivity contribution < 1.29 is 9.90 Å². The van der Waals surface area contributed by atoms with Crippen LogP contribution < -0.4 is 0 Å². The Kier molecular flexibility index (Phi) is 6.03. The van der Waals surface area contributed by atoms with E-state index in [-0.39, 0.29) is 12.5 Å². The zero-order valence-corrected chi connectivity index (χ0v) is 12.4. The lowest BCUT2D eigenvalue weighted by Gasteiger charge is -2.24. The van der Waals surface area contributed by atoms with Crippen molar-refractivity contribution in [1.29, 1.82) is 0 Å². The number of nitrogens with zero attached hydrogens (tertiary/aromatic N) is 1. The highest BCUT2D eigenvalue weighted by Gasteiger charge is 2.12. The van der Waals surface area contributed by atoms with Crippen LogP contribution in [0.2, 0.25) is 0 Å². The van der Waals surface area contributed by atoms with Crippen molar-refractivity contribution >= 4 is 5.97 Å². The fourth-order valence-electron chi connectivity index (χ4n) is 2.12. The molecular weight excluding hydrogens is 238 g/mol. The molecule has 0 radical (unpaired) electrons. The molecule has 1 rings (SSSR count). The van der Waals surface area contributed by atoms with Crippen molar-refractivity contribution in [2.75, 3.05) is 13.6 Å². The zero-order valence-electron chi connectivity index (χ0n) is 12.4. The summed E-state index contributed by atoms with van der Waals surface area (Å²) in [5, 5.41) is 8.71. The summed E-state index contributed by atoms with van der Waals surface area (Å²) in [6.45, 7) is 7.12. The second kappa shape index (κ2) is 7.29. The Morgan fingerprint density at radius 2 is 1.79 bits per heavy atom. The second-order valence-corrected chi connectivity index (χ2v) is 5.64. The fourth-order valence-corrected chi connectivity index (χ4v) is 2.12. The van der Waals surface area contributed by atoms with Gasteiger partial charge in [0.15, 0.2) is 0 Å². The molecule has 0 saturated heterocycles. The molecule has 0 aliphatic rings. The van der Waals surface area contributed by atoms with Gasteiger partial charge in [-0.15, -0.1) is 0 Å². The Labute approximate surface area is 116 Å². The van der Waals surface area contributed by atoms with Crippen molar-refractivity contribution in [2.24, 2.45) is 5.92 Å². The van der Waals surface area contributed by atoms with Gasteiger partial charge in [0, 0.05) is 12.6 Å². The molecule has 0 spiro atoms. The number of rotatable bonds is 7. The number of benzene rings is 1. The summed E-state index contributed by atoms with van der Waals surface area (Å²) in [6, 6.07) is 8.90. The molecule has 3 heteroatoms. The number of carboxylic acids is 1. The molecule has 1 unspecified atom stereocenters. The minimum atomic E-state index is -0.744. The molecule has 0 heterocycles. The van der Waals surface area contributed by atoms with Crippen LogP contribution in [0, 0.1) is 5.92 Å². The molecule has 0 saturated carbocycles. The number of carbonyl (C=O) groups is 1. The average molecular weight is 263 g/mol. The van der Waals surface area contributed by atoms with E-state index in [2.05, 4.69) is 49.9 Å². The van der Waals surface area contributed by atoms with E-state index in [1.165, 1.54) is 11.1 Å². The van der Waals surface area contributed by atoms with Crippen LogP contribution in [0.4, 0.5) is 0 Å². The van der Waals surface area contributed by atoms with E-state index >= 15 is 0 Å². The minimum Gasteiger partial charge on any atom is -0.481 e. The number of hydrogen-bond acceptors (Lipinski definition) is 2. The van der Waals surface area contributed by atoms with E-state index in [1.54, 1.807) is 0 Å². The van der Waals surface area contributed by atoms with Gasteiger partial charge in [0.05, 0.1) is 6.42 Å². The van der Waals surface area contributed by atoms with Crippen LogP contribution in [0.3, 0.4) is 0 Å². The molecule has 0 aliphatic carbocycles. The molecule has 3 nitrogen and oxygen atoms in total. The van der Waals surface area contributed by atoms with E-state index < -0.39 is 5.97 Å². The summed E-state index contributed by atoms with van der Waals surface area (Å²) in [5.41, 5.74) is 2.60. The molecule has 0 fully saturated rings. The smallest absolute Gasteiger partial charge is 0.304 e. The van der Waals surface area contributed by atoms with Gasteiger partial charge in [-0.2, -0.15) is 0 Å². The first-order valence-electron chi connectivity index (χ1n) is 6.91. The molecule has 0 aromatic heterocycles. The highest BCUT2D eigenvalue weighted by molar-refractivity contribution is 5.66. The summed E-state index contributed by atoms with van der Waals surface area (Å²) in [6.07, 6.45) is 1.29. The average Bonchev–Trinajstić information content (AvgIpc) is 2.35. The van der Waals surface area contributed by atoms with E-state index in [4.69, 9.17) is 5.11 Å². The fraction of sp³-hybridized carbons (Fsp3) is 0.562. The molecule has 1 atom stereocenters. The highest BCUT2D eigenvalue weighted by Crippen LogP contribution is 2.20. The van der Waals surface area contributed by atoms with E-state index in [0.29, 0.717) is 12.5 Å². The number of aliphatic carboxylic acids is 1. The van der Waals surface area contributed by atoms with E-state index in [1.807, 2.05) is 7.05 Å². The van der Waals surface area contributed by atoms with Crippen molar-refractivity contribution in [3.63, 3.8) is 0 Å². The Balaban J connectivity index is 2.61. The Morgan fingerprint density at radius 3 is 2.26 bits per heavy atom. The maximum atomic E-state index is 10.6. The van der Waals surface area contributed by atoms with Crippen LogP contribution in [0.5, 0.6) is 0 Å². The molecule has 106 valence electrons. The first-order chi connectivity index (χ1) is 8.90. The van der Waals surface area contributed by atoms with Gasteiger partial charge in [-0.1, -0.05) is 38.1 Å². The first-order valence-corrected chi connectivity index (χ1v) is 6.91. The molecule has 1 aromatic rings. The van der Waals surface area contributed by atoms with Crippen molar-refractivity contribution in [3.05, 3.63) is 35.4 Å². The lowest BCUT2D eigenvalue weighted by Crippen LogP contribution is -2.25. The van der Waals surface area contributed by atoms with Crippen LogP contribution in [0.1, 0.15) is 44.4 Å². The third-order valence-electron chi connectivity index (χ3n) is 3.45. The topological polar surface area (TPSA) is 40.5 Å². The predicted octanol–water partition coefficient (Wildman–Crippen LogP) is 3.35. The van der Waals surface area contributed by atoms with Gasteiger partial charge in [-0.3, -0.25) is 9.69 Å². The summed E-state index contributed by atoms with van der Waals surface area (Å²) in [5.74, 6) is -0.0761. The summed E-state index contributed by atoms with van der Waals surface area (Å²) in [4.78, 5) is 12.7. The van der Waals surface area contributed by atoms with Crippen LogP contribution >= 0.6 is 0 Å². The van der Waals surface area contributed by atoms with Crippen LogP contribution in [-0.4, -0.2) is 29.6 Å². The number of hydrogen-bond donors (Lipinski definition) is 1. The first kappa shape index (κ1) is 15.7. The number of carboxylic acid groups (broad SMARTS) is 1. The van der Waals surface area contributed by atoms with Crippen LogP contribution in [-0.2, 0) is 11.2 Å². The van der Waals surface area contributed by atoms with Gasteiger partial charge in [0.25, 0.3) is 0 Å². The molecule has 0 amide bonds. The van der Waals surface area contributed by atoms with Crippen molar-refractivity contribution in [1.82, 2.24) is 4.90 Å². The van der Waals surface area contributed by atoms with Crippen LogP contribution in [0.25, 0.3) is 0 Å². The molecule has 1 N–H and O–H groups in total. The Bertz CT molecular complexity index is 398. The summed E-state index contributed by atoms with van der Waals surface area (Å²) >= 11 is 0. The highest BCUT2D eigenvalue weighted by atomic mass is 16.4. The van der Waals surface area contributed by atoms with Crippen molar-refractivity contribution in [2.45, 2.75) is 39.7 Å². The summed E-state index contributed by atoms with van der Waals surface area (Å²) in [7, 11) is 1.97. The quantitative estimate of drug-likeness (QED) is 0.820. The largest absolute Gasteiger partial charge is 0.481 e. The third kappa shape index (κ3) is 5.43. The van der Waals surface area contributed by atoms with Crippen LogP contribution in [0.15, 0.2) is 24.3 Å².